The number of nitrogens with two attached hydrogens (primary N) is 1. The minimum Gasteiger partial charge on any atom is -0.497 e. The summed E-state index contributed by atoms with van der Waals surface area (Å²) in [6.07, 6.45) is 2.58. The lowest BCUT2D eigenvalue weighted by atomic mass is 9.84. The first-order valence-corrected chi connectivity index (χ1v) is 12.8. The van der Waals surface area contributed by atoms with Gasteiger partial charge in [-0.3, -0.25) is 4.79 Å². The SMILES string of the molecule is COc1cc(OC(C)NS(C)(=O)=O)c2c3c(n(Cc4ccccc4)c2c1)CCCC3C(N)=O. The normalized spacial score (nSPS) is 16.9. The van der Waals surface area contributed by atoms with E-state index in [1.807, 2.05) is 24.3 Å². The van der Waals surface area contributed by atoms with Crippen molar-refractivity contribution in [3.63, 3.8) is 0 Å². The monoisotopic (exact) mass is 471 g/mol. The Bertz CT molecular complexity index is 1280. The molecular weight excluding hydrogens is 442 g/mol. The molecule has 2 aromatic carbocycles. The summed E-state index contributed by atoms with van der Waals surface area (Å²) < 4.78 is 39.7. The van der Waals surface area contributed by atoms with Crippen LogP contribution in [0.1, 0.15) is 42.5 Å². The number of carbonyl (C=O) groups excluding carboxylic acids is 1. The maximum atomic E-state index is 12.4. The zero-order valence-corrected chi connectivity index (χ0v) is 19.8. The van der Waals surface area contributed by atoms with Crippen LogP contribution < -0.4 is 19.9 Å². The highest BCUT2D eigenvalue weighted by Gasteiger charge is 2.33. The minimum atomic E-state index is -3.48. The van der Waals surface area contributed by atoms with Gasteiger partial charge in [0, 0.05) is 29.8 Å². The molecule has 0 saturated carbocycles. The Morgan fingerprint density at radius 2 is 2.00 bits per heavy atom. The van der Waals surface area contributed by atoms with Gasteiger partial charge in [-0.05, 0) is 37.3 Å². The van der Waals surface area contributed by atoms with E-state index in [0.717, 1.165) is 46.8 Å². The number of sulfonamides is 1. The molecule has 176 valence electrons. The number of fused-ring (bicyclic) bond motifs is 3. The molecule has 3 aromatic rings. The molecule has 2 atom stereocenters. The second-order valence-corrected chi connectivity index (χ2v) is 10.2. The van der Waals surface area contributed by atoms with Gasteiger partial charge in [0.2, 0.25) is 15.9 Å². The Hall–Kier alpha value is -3.04. The Labute approximate surface area is 193 Å². The highest BCUT2D eigenvalue weighted by molar-refractivity contribution is 7.88. The van der Waals surface area contributed by atoms with Gasteiger partial charge in [0.15, 0.2) is 6.23 Å². The first kappa shape index (κ1) is 23.1. The van der Waals surface area contributed by atoms with Gasteiger partial charge in [-0.15, -0.1) is 0 Å². The highest BCUT2D eigenvalue weighted by Crippen LogP contribution is 2.45. The molecule has 1 aromatic heterocycles. The fraction of sp³-hybridized carbons (Fsp3) is 0.375. The van der Waals surface area contributed by atoms with E-state index in [9.17, 15) is 13.2 Å². The Morgan fingerprint density at radius 3 is 2.64 bits per heavy atom. The first-order chi connectivity index (χ1) is 15.7. The molecule has 2 unspecified atom stereocenters. The summed E-state index contributed by atoms with van der Waals surface area (Å²) in [6.45, 7) is 2.23. The van der Waals surface area contributed by atoms with Crippen LogP contribution in [0.5, 0.6) is 11.5 Å². The minimum absolute atomic E-state index is 0.376. The smallest absolute Gasteiger partial charge is 0.225 e. The zero-order chi connectivity index (χ0) is 23.8. The van der Waals surface area contributed by atoms with E-state index < -0.39 is 22.2 Å². The lowest BCUT2D eigenvalue weighted by Crippen LogP contribution is -2.35. The quantitative estimate of drug-likeness (QED) is 0.491. The van der Waals surface area contributed by atoms with E-state index in [1.165, 1.54) is 0 Å². The second kappa shape index (κ2) is 9.07. The molecule has 0 bridgehead atoms. The molecule has 8 nitrogen and oxygen atoms in total. The third kappa shape index (κ3) is 4.84. The van der Waals surface area contributed by atoms with E-state index in [0.29, 0.717) is 24.5 Å². The van der Waals surface area contributed by atoms with E-state index in [-0.39, 0.29) is 5.91 Å². The number of amides is 1. The van der Waals surface area contributed by atoms with E-state index >= 15 is 0 Å². The Balaban J connectivity index is 1.95. The van der Waals surface area contributed by atoms with Gasteiger partial charge < -0.3 is 19.8 Å². The number of ether oxygens (including phenoxy) is 2. The van der Waals surface area contributed by atoms with Crippen molar-refractivity contribution >= 4 is 26.8 Å². The number of nitrogens with zero attached hydrogens (tertiary/aromatic N) is 1. The van der Waals surface area contributed by atoms with Gasteiger partial charge >= 0.3 is 0 Å². The maximum Gasteiger partial charge on any atom is 0.225 e. The van der Waals surface area contributed by atoms with Crippen molar-refractivity contribution in [1.82, 2.24) is 9.29 Å². The molecule has 0 aliphatic heterocycles. The molecule has 1 aliphatic rings. The van der Waals surface area contributed by atoms with E-state index in [4.69, 9.17) is 15.2 Å². The Morgan fingerprint density at radius 1 is 1.27 bits per heavy atom. The van der Waals surface area contributed by atoms with Crippen LogP contribution in [0.2, 0.25) is 0 Å². The number of primary amides is 1. The molecule has 3 N–H and O–H groups in total. The summed E-state index contributed by atoms with van der Waals surface area (Å²) in [5.41, 5.74) is 9.71. The molecule has 0 saturated heterocycles. The number of nitrogens with one attached hydrogen (secondary N) is 1. The number of rotatable bonds is 8. The summed E-state index contributed by atoms with van der Waals surface area (Å²) in [4.78, 5) is 12.4. The standard InChI is InChI=1S/C24H29N3O5S/c1-15(26-33(3,29)30)32-21-13-17(31-2)12-20-23(21)22-18(24(25)28)10-7-11-19(22)27(20)14-16-8-5-4-6-9-16/h4-6,8-9,12-13,15,18,26H,7,10-11,14H2,1-3H3,(H2,25,28). The van der Waals surface area contributed by atoms with Crippen LogP contribution >= 0.6 is 0 Å². The molecular formula is C24H29N3O5S. The van der Waals surface area contributed by atoms with Crippen LogP contribution in [-0.4, -0.2) is 38.5 Å². The number of aromatic nitrogens is 1. The van der Waals surface area contributed by atoms with Gasteiger partial charge in [-0.25, -0.2) is 8.42 Å². The van der Waals surface area contributed by atoms with Gasteiger partial charge in [-0.2, -0.15) is 4.72 Å². The molecule has 4 rings (SSSR count). The van der Waals surface area contributed by atoms with Crippen LogP contribution in [0, 0.1) is 0 Å². The molecule has 0 radical (unpaired) electrons. The first-order valence-electron chi connectivity index (χ1n) is 10.9. The van der Waals surface area contributed by atoms with Crippen LogP contribution in [0.4, 0.5) is 0 Å². The zero-order valence-electron chi connectivity index (χ0n) is 19.0. The maximum absolute atomic E-state index is 12.4. The van der Waals surface area contributed by atoms with Gasteiger partial charge in [0.05, 0.1) is 24.8 Å². The predicted molar refractivity (Wildman–Crippen MR) is 127 cm³/mol. The third-order valence-electron chi connectivity index (χ3n) is 5.95. The van der Waals surface area contributed by atoms with Crippen molar-refractivity contribution in [3.8, 4) is 11.5 Å². The average Bonchev–Trinajstić information content (AvgIpc) is 3.06. The van der Waals surface area contributed by atoms with Crippen LogP contribution in [-0.2, 0) is 27.8 Å². The summed E-state index contributed by atoms with van der Waals surface area (Å²) in [5.74, 6) is 0.203. The fourth-order valence-electron chi connectivity index (χ4n) is 4.72. The average molecular weight is 472 g/mol. The summed E-state index contributed by atoms with van der Waals surface area (Å²) in [5, 5.41) is 0.771. The number of carbonyl (C=O) groups is 1. The largest absolute Gasteiger partial charge is 0.497 e. The van der Waals surface area contributed by atoms with Crippen molar-refractivity contribution in [2.24, 2.45) is 5.73 Å². The van der Waals surface area contributed by atoms with Gasteiger partial charge in [0.25, 0.3) is 0 Å². The van der Waals surface area contributed by atoms with E-state index in [1.54, 1.807) is 20.1 Å². The summed E-state index contributed by atoms with van der Waals surface area (Å²) in [7, 11) is -1.91. The predicted octanol–water partition coefficient (Wildman–Crippen LogP) is 2.88. The molecule has 1 aliphatic carbocycles. The van der Waals surface area contributed by atoms with Gasteiger partial charge in [-0.1, -0.05) is 30.3 Å². The summed E-state index contributed by atoms with van der Waals surface area (Å²) >= 11 is 0. The van der Waals surface area contributed by atoms with Crippen molar-refractivity contribution in [3.05, 3.63) is 59.3 Å². The number of benzene rings is 2. The van der Waals surface area contributed by atoms with Crippen molar-refractivity contribution < 1.29 is 22.7 Å². The molecule has 9 heteroatoms. The Kier molecular flexibility index (Phi) is 6.36. The number of hydrogen-bond acceptors (Lipinski definition) is 5. The van der Waals surface area contributed by atoms with Crippen molar-refractivity contribution in [2.45, 2.75) is 44.9 Å². The van der Waals surface area contributed by atoms with E-state index in [2.05, 4.69) is 21.4 Å². The van der Waals surface area contributed by atoms with Crippen molar-refractivity contribution in [2.75, 3.05) is 13.4 Å². The molecule has 0 fully saturated rings. The van der Waals surface area contributed by atoms with Crippen LogP contribution in [0.3, 0.4) is 0 Å². The van der Waals surface area contributed by atoms with Crippen molar-refractivity contribution in [1.29, 1.82) is 0 Å². The number of methoxy groups -OCH3 is 1. The number of hydrogen-bond donors (Lipinski definition) is 2. The summed E-state index contributed by atoms with van der Waals surface area (Å²) in [6, 6.07) is 13.7. The molecule has 1 amide bonds. The fourth-order valence-corrected chi connectivity index (χ4v) is 5.37. The molecule has 0 spiro atoms. The third-order valence-corrected chi connectivity index (χ3v) is 6.71. The lowest BCUT2D eigenvalue weighted by molar-refractivity contribution is -0.119. The molecule has 1 heterocycles. The second-order valence-electron chi connectivity index (χ2n) is 8.45. The topological polar surface area (TPSA) is 113 Å². The van der Waals surface area contributed by atoms with Gasteiger partial charge in [0.1, 0.15) is 11.5 Å². The molecule has 33 heavy (non-hydrogen) atoms. The van der Waals surface area contributed by atoms with Crippen LogP contribution in [0.15, 0.2) is 42.5 Å². The lowest BCUT2D eigenvalue weighted by Gasteiger charge is -2.23. The van der Waals surface area contributed by atoms with Crippen LogP contribution in [0.25, 0.3) is 10.9 Å². The highest BCUT2D eigenvalue weighted by atomic mass is 32.2.